The van der Waals surface area contributed by atoms with Crippen LogP contribution >= 0.6 is 33.1 Å². The summed E-state index contributed by atoms with van der Waals surface area (Å²) in [4.78, 5) is 16.7. The van der Waals surface area contributed by atoms with Crippen molar-refractivity contribution in [1.82, 2.24) is 9.29 Å². The fourth-order valence-electron chi connectivity index (χ4n) is 1.50. The largest absolute Gasteiger partial charge is 0.462 e. The van der Waals surface area contributed by atoms with Gasteiger partial charge in [-0.05, 0) is 35.6 Å². The van der Waals surface area contributed by atoms with Crippen molar-refractivity contribution < 1.29 is 14.3 Å². The molecule has 19 heavy (non-hydrogen) atoms. The van der Waals surface area contributed by atoms with E-state index in [2.05, 4.69) is 9.29 Å². The first-order chi connectivity index (χ1) is 9.20. The van der Waals surface area contributed by atoms with Crippen molar-refractivity contribution in [2.45, 2.75) is 18.2 Å². The highest BCUT2D eigenvalue weighted by Crippen LogP contribution is 2.37. The minimum absolute atomic E-state index is 0.277. The molecule has 0 atom stereocenters. The van der Waals surface area contributed by atoms with Gasteiger partial charge in [0.15, 0.2) is 4.34 Å². The summed E-state index contributed by atoms with van der Waals surface area (Å²) >= 11 is 1.39. The van der Waals surface area contributed by atoms with Crippen LogP contribution in [0, 0.1) is 6.92 Å². The zero-order valence-corrected chi connectivity index (χ0v) is 13.3. The number of esters is 1. The molecule has 0 bridgehead atoms. The number of carbonyl (C=O) groups excluding carboxylic acids is 1. The number of aryl methyl sites for hydroxylation is 1. The summed E-state index contributed by atoms with van der Waals surface area (Å²) in [6.07, 6.45) is 0. The second-order valence-electron chi connectivity index (χ2n) is 3.81. The first-order valence-electron chi connectivity index (χ1n) is 6.02. The van der Waals surface area contributed by atoms with E-state index in [9.17, 15) is 4.79 Å². The maximum Gasteiger partial charge on any atom is 0.350 e. The third-order valence-electron chi connectivity index (χ3n) is 2.42. The lowest BCUT2D eigenvalue weighted by molar-refractivity contribution is 0.0531. The molecule has 0 aliphatic carbocycles. The molecule has 1 saturated heterocycles. The molecule has 5 nitrogen and oxygen atoms in total. The summed E-state index contributed by atoms with van der Waals surface area (Å²) in [5.74, 6) is -0.277. The second kappa shape index (κ2) is 7.49. The Labute approximate surface area is 124 Å². The van der Waals surface area contributed by atoms with E-state index in [1.54, 1.807) is 28.7 Å². The molecular formula is C11H16N2O3S3. The maximum atomic E-state index is 11.7. The van der Waals surface area contributed by atoms with Gasteiger partial charge in [0.25, 0.3) is 0 Å². The Morgan fingerprint density at radius 1 is 1.53 bits per heavy atom. The van der Waals surface area contributed by atoms with Crippen molar-refractivity contribution in [3.05, 3.63) is 10.6 Å². The quantitative estimate of drug-likeness (QED) is 0.469. The van der Waals surface area contributed by atoms with Gasteiger partial charge in [0.1, 0.15) is 4.88 Å². The number of carbonyl (C=O) groups is 1. The van der Waals surface area contributed by atoms with Crippen molar-refractivity contribution in [1.29, 1.82) is 0 Å². The molecule has 0 aromatic carbocycles. The van der Waals surface area contributed by atoms with E-state index in [1.165, 1.54) is 11.3 Å². The van der Waals surface area contributed by atoms with Gasteiger partial charge in [0.05, 0.1) is 25.5 Å². The van der Waals surface area contributed by atoms with Crippen molar-refractivity contribution >= 4 is 39.1 Å². The highest BCUT2D eigenvalue weighted by molar-refractivity contribution is 8.76. The van der Waals surface area contributed by atoms with Crippen LogP contribution in [0.25, 0.3) is 0 Å². The molecule has 0 saturated carbocycles. The lowest BCUT2D eigenvalue weighted by atomic mass is 10.4. The number of morpholine rings is 1. The second-order valence-corrected chi connectivity index (χ2v) is 7.24. The Kier molecular flexibility index (Phi) is 5.96. The highest BCUT2D eigenvalue weighted by Gasteiger charge is 2.18. The molecule has 0 unspecified atom stereocenters. The van der Waals surface area contributed by atoms with Crippen LogP contribution in [0.1, 0.15) is 22.3 Å². The summed E-state index contributed by atoms with van der Waals surface area (Å²) in [7, 11) is 3.25. The van der Waals surface area contributed by atoms with E-state index >= 15 is 0 Å². The van der Waals surface area contributed by atoms with Gasteiger partial charge in [-0.25, -0.2) is 14.1 Å². The molecule has 0 radical (unpaired) electrons. The van der Waals surface area contributed by atoms with Gasteiger partial charge >= 0.3 is 5.97 Å². The highest BCUT2D eigenvalue weighted by atomic mass is 33.1. The number of aromatic nitrogens is 1. The molecule has 106 valence electrons. The van der Waals surface area contributed by atoms with E-state index in [4.69, 9.17) is 9.47 Å². The molecule has 1 aromatic heterocycles. The van der Waals surface area contributed by atoms with Crippen LogP contribution in [0.2, 0.25) is 0 Å². The predicted octanol–water partition coefficient (Wildman–Crippen LogP) is 2.62. The first kappa shape index (κ1) is 15.1. The summed E-state index contributed by atoms with van der Waals surface area (Å²) in [6, 6.07) is 0. The van der Waals surface area contributed by atoms with Gasteiger partial charge in [-0.3, -0.25) is 0 Å². The van der Waals surface area contributed by atoms with Crippen LogP contribution in [0.5, 0.6) is 0 Å². The monoisotopic (exact) mass is 320 g/mol. The van der Waals surface area contributed by atoms with E-state index in [-0.39, 0.29) is 5.97 Å². The smallest absolute Gasteiger partial charge is 0.350 e. The lowest BCUT2D eigenvalue weighted by Gasteiger charge is -2.23. The lowest BCUT2D eigenvalue weighted by Crippen LogP contribution is -2.30. The van der Waals surface area contributed by atoms with Crippen LogP contribution in [-0.4, -0.2) is 48.2 Å². The molecule has 0 N–H and O–H groups in total. The number of ether oxygens (including phenoxy) is 2. The van der Waals surface area contributed by atoms with Crippen LogP contribution in [0.15, 0.2) is 4.34 Å². The van der Waals surface area contributed by atoms with Gasteiger partial charge in [0.2, 0.25) is 0 Å². The fraction of sp³-hybridized carbons (Fsp3) is 0.636. The summed E-state index contributed by atoms with van der Waals surface area (Å²) < 4.78 is 13.4. The molecule has 1 aliphatic heterocycles. The summed E-state index contributed by atoms with van der Waals surface area (Å²) in [5.41, 5.74) is 0.744. The normalized spacial score (nSPS) is 16.5. The minimum atomic E-state index is -0.277. The maximum absolute atomic E-state index is 11.7. The van der Waals surface area contributed by atoms with Crippen LogP contribution in [-0.2, 0) is 9.47 Å². The van der Waals surface area contributed by atoms with Crippen molar-refractivity contribution in [3.8, 4) is 0 Å². The molecule has 1 aliphatic rings. The Bertz CT molecular complexity index is 433. The zero-order chi connectivity index (χ0) is 13.7. The Morgan fingerprint density at radius 2 is 2.26 bits per heavy atom. The van der Waals surface area contributed by atoms with Gasteiger partial charge in [-0.2, -0.15) is 0 Å². The minimum Gasteiger partial charge on any atom is -0.462 e. The van der Waals surface area contributed by atoms with Gasteiger partial charge in [-0.1, -0.05) is 11.3 Å². The van der Waals surface area contributed by atoms with E-state index < -0.39 is 0 Å². The average Bonchev–Trinajstić information content (AvgIpc) is 2.79. The number of hydrogen-bond acceptors (Lipinski definition) is 8. The van der Waals surface area contributed by atoms with Gasteiger partial charge in [0, 0.05) is 13.1 Å². The molecule has 1 fully saturated rings. The standard InChI is InChI=1S/C11H16N2O3S3/c1-3-16-10(14)9-8(2)12-11(17-9)18-19-13-4-6-15-7-5-13/h3-7H2,1-2H3. The Hall–Kier alpha value is -0.280. The zero-order valence-electron chi connectivity index (χ0n) is 10.9. The van der Waals surface area contributed by atoms with E-state index in [0.29, 0.717) is 11.5 Å². The van der Waals surface area contributed by atoms with Crippen LogP contribution in [0.3, 0.4) is 0 Å². The number of hydrogen-bond donors (Lipinski definition) is 0. The number of thiazole rings is 1. The van der Waals surface area contributed by atoms with Crippen LogP contribution in [0.4, 0.5) is 0 Å². The van der Waals surface area contributed by atoms with Crippen molar-refractivity contribution in [3.63, 3.8) is 0 Å². The molecular weight excluding hydrogens is 304 g/mol. The summed E-state index contributed by atoms with van der Waals surface area (Å²) in [5, 5.41) is 0. The van der Waals surface area contributed by atoms with E-state index in [1.807, 2.05) is 6.92 Å². The number of nitrogens with zero attached hydrogens (tertiary/aromatic N) is 2. The molecule has 0 amide bonds. The fourth-order valence-corrected chi connectivity index (χ4v) is 4.87. The topological polar surface area (TPSA) is 51.7 Å². The molecule has 2 heterocycles. The number of rotatable bonds is 5. The third kappa shape index (κ3) is 4.35. The molecule has 2 rings (SSSR count). The SMILES string of the molecule is CCOC(=O)c1sc(SSN2CCOCC2)nc1C. The van der Waals surface area contributed by atoms with Crippen molar-refractivity contribution in [2.75, 3.05) is 32.9 Å². The predicted molar refractivity (Wildman–Crippen MR) is 78.6 cm³/mol. The van der Waals surface area contributed by atoms with Gasteiger partial charge in [-0.15, -0.1) is 0 Å². The first-order valence-corrected chi connectivity index (χ1v) is 8.95. The summed E-state index contributed by atoms with van der Waals surface area (Å²) in [6.45, 7) is 7.43. The Balaban J connectivity index is 1.90. The Morgan fingerprint density at radius 3 is 2.95 bits per heavy atom. The van der Waals surface area contributed by atoms with Crippen LogP contribution < -0.4 is 0 Å². The molecule has 0 spiro atoms. The average molecular weight is 320 g/mol. The molecule has 8 heteroatoms. The molecule has 1 aromatic rings. The third-order valence-corrected chi connectivity index (χ3v) is 6.38. The van der Waals surface area contributed by atoms with Gasteiger partial charge < -0.3 is 9.47 Å². The van der Waals surface area contributed by atoms with Crippen molar-refractivity contribution in [2.24, 2.45) is 0 Å². The van der Waals surface area contributed by atoms with E-state index in [0.717, 1.165) is 36.3 Å².